The topological polar surface area (TPSA) is 124 Å². The highest BCUT2D eigenvalue weighted by molar-refractivity contribution is 7.90. The average molecular weight is 508 g/mol. The van der Waals surface area contributed by atoms with E-state index in [2.05, 4.69) is 10.1 Å². The molecule has 1 aromatic heterocycles. The molecular weight excluding hydrogens is 481 g/mol. The van der Waals surface area contributed by atoms with Crippen LogP contribution < -0.4 is 14.2 Å². The van der Waals surface area contributed by atoms with Crippen molar-refractivity contribution in [2.45, 2.75) is 35.8 Å². The fraction of sp³-hybridized carbons (Fsp3) is 0.391. The summed E-state index contributed by atoms with van der Waals surface area (Å²) in [6.45, 7) is 0.713. The standard InChI is InChI=1S/C23H26FN3O7S/c1-31-19-9-4-14(21(32-2)22(19)33-3)11-27-12-16(28)10-18(27)23-25-20(26-34-23)13-35(29,30)17-7-5-15(24)6-8-17/h4-9,16,18,28H,10-13H2,1-3H3. The molecule has 0 saturated carbocycles. The molecule has 0 spiro atoms. The smallest absolute Gasteiger partial charge is 0.244 e. The number of hydrogen-bond acceptors (Lipinski definition) is 10. The van der Waals surface area contributed by atoms with Gasteiger partial charge in [0.15, 0.2) is 27.2 Å². The number of aromatic nitrogens is 2. The van der Waals surface area contributed by atoms with Crippen LogP contribution in [0.1, 0.15) is 29.7 Å². The first-order valence-corrected chi connectivity index (χ1v) is 12.4. The third-order valence-corrected chi connectivity index (χ3v) is 7.43. The van der Waals surface area contributed by atoms with Gasteiger partial charge < -0.3 is 23.8 Å². The van der Waals surface area contributed by atoms with Crippen LogP contribution in [0.15, 0.2) is 45.8 Å². The van der Waals surface area contributed by atoms with Crippen LogP contribution in [0.25, 0.3) is 0 Å². The fourth-order valence-electron chi connectivity index (χ4n) is 4.17. The van der Waals surface area contributed by atoms with Crippen LogP contribution in [0.4, 0.5) is 4.39 Å². The molecule has 1 N–H and O–H groups in total. The van der Waals surface area contributed by atoms with E-state index >= 15 is 0 Å². The molecule has 0 radical (unpaired) electrons. The highest BCUT2D eigenvalue weighted by atomic mass is 32.2. The Morgan fingerprint density at radius 3 is 2.46 bits per heavy atom. The van der Waals surface area contributed by atoms with Gasteiger partial charge in [-0.15, -0.1) is 0 Å². The molecule has 0 amide bonds. The summed E-state index contributed by atoms with van der Waals surface area (Å²) in [4.78, 5) is 6.20. The van der Waals surface area contributed by atoms with Crippen LogP contribution in [0.5, 0.6) is 17.2 Å². The summed E-state index contributed by atoms with van der Waals surface area (Å²) in [5.74, 6) is 0.630. The van der Waals surface area contributed by atoms with E-state index < -0.39 is 33.6 Å². The molecule has 1 aliphatic rings. The zero-order chi connectivity index (χ0) is 25.2. The molecule has 0 bridgehead atoms. The molecule has 3 aromatic rings. The van der Waals surface area contributed by atoms with Crippen molar-refractivity contribution in [3.05, 3.63) is 59.5 Å². The zero-order valence-electron chi connectivity index (χ0n) is 19.5. The van der Waals surface area contributed by atoms with E-state index in [1.54, 1.807) is 6.07 Å². The third kappa shape index (κ3) is 5.24. The van der Waals surface area contributed by atoms with Crippen molar-refractivity contribution in [2.75, 3.05) is 27.9 Å². The Kier molecular flexibility index (Phi) is 7.24. The van der Waals surface area contributed by atoms with Crippen molar-refractivity contribution in [3.63, 3.8) is 0 Å². The molecule has 0 aliphatic carbocycles. The van der Waals surface area contributed by atoms with Gasteiger partial charge in [-0.25, -0.2) is 12.8 Å². The molecule has 4 rings (SSSR count). The van der Waals surface area contributed by atoms with Gasteiger partial charge in [0.1, 0.15) is 11.6 Å². The first-order chi connectivity index (χ1) is 16.7. The normalized spacial score (nSPS) is 18.5. The number of hydrogen-bond donors (Lipinski definition) is 1. The highest BCUT2D eigenvalue weighted by Gasteiger charge is 2.37. The largest absolute Gasteiger partial charge is 0.493 e. The first kappa shape index (κ1) is 24.9. The Morgan fingerprint density at radius 1 is 1.09 bits per heavy atom. The lowest BCUT2D eigenvalue weighted by molar-refractivity contribution is 0.168. The Labute approximate surface area is 202 Å². The van der Waals surface area contributed by atoms with Crippen molar-refractivity contribution in [1.29, 1.82) is 0 Å². The van der Waals surface area contributed by atoms with Crippen molar-refractivity contribution in [1.82, 2.24) is 15.0 Å². The second-order valence-electron chi connectivity index (χ2n) is 8.09. The lowest BCUT2D eigenvalue weighted by Crippen LogP contribution is -2.25. The SMILES string of the molecule is COc1ccc(CN2CC(O)CC2c2nc(CS(=O)(=O)c3ccc(F)cc3)no2)c(OC)c1OC. The highest BCUT2D eigenvalue weighted by Crippen LogP contribution is 2.42. The summed E-state index contributed by atoms with van der Waals surface area (Å²) in [5, 5.41) is 14.2. The van der Waals surface area contributed by atoms with Gasteiger partial charge in [0.2, 0.25) is 11.6 Å². The Hall–Kier alpha value is -3.22. The third-order valence-electron chi connectivity index (χ3n) is 5.80. The predicted molar refractivity (Wildman–Crippen MR) is 121 cm³/mol. The second kappa shape index (κ2) is 10.2. The molecule has 2 unspecified atom stereocenters. The van der Waals surface area contributed by atoms with Crippen LogP contribution >= 0.6 is 0 Å². The van der Waals surface area contributed by atoms with E-state index in [4.69, 9.17) is 18.7 Å². The van der Waals surface area contributed by atoms with E-state index in [0.29, 0.717) is 36.8 Å². The summed E-state index contributed by atoms with van der Waals surface area (Å²) >= 11 is 0. The fourth-order valence-corrected chi connectivity index (χ4v) is 5.35. The lowest BCUT2D eigenvalue weighted by Gasteiger charge is -2.23. The molecule has 2 aromatic carbocycles. The van der Waals surface area contributed by atoms with E-state index in [9.17, 15) is 17.9 Å². The maximum absolute atomic E-state index is 13.1. The molecule has 1 fully saturated rings. The molecule has 1 saturated heterocycles. The molecule has 2 heterocycles. The number of rotatable bonds is 9. The number of nitrogens with zero attached hydrogens (tertiary/aromatic N) is 3. The molecule has 35 heavy (non-hydrogen) atoms. The molecule has 188 valence electrons. The number of β-amino-alcohol motifs (C(OH)–C–C–N with tert-alkyl or cyclic N) is 1. The minimum atomic E-state index is -3.79. The van der Waals surface area contributed by atoms with E-state index in [1.807, 2.05) is 11.0 Å². The Bertz CT molecular complexity index is 1280. The van der Waals surface area contributed by atoms with Gasteiger partial charge in [-0.05, 0) is 36.8 Å². The van der Waals surface area contributed by atoms with Crippen molar-refractivity contribution in [2.24, 2.45) is 0 Å². The van der Waals surface area contributed by atoms with Crippen LogP contribution in [-0.2, 0) is 22.1 Å². The van der Waals surface area contributed by atoms with Crippen LogP contribution in [0.3, 0.4) is 0 Å². The second-order valence-corrected chi connectivity index (χ2v) is 10.1. The quantitative estimate of drug-likeness (QED) is 0.432. The lowest BCUT2D eigenvalue weighted by atomic mass is 10.1. The van der Waals surface area contributed by atoms with Gasteiger partial charge in [-0.1, -0.05) is 11.2 Å². The van der Waals surface area contributed by atoms with Gasteiger partial charge >= 0.3 is 0 Å². The van der Waals surface area contributed by atoms with Crippen LogP contribution in [0, 0.1) is 5.82 Å². The zero-order valence-corrected chi connectivity index (χ0v) is 20.3. The monoisotopic (exact) mass is 507 g/mol. The maximum Gasteiger partial charge on any atom is 0.244 e. The van der Waals surface area contributed by atoms with E-state index in [-0.39, 0.29) is 16.6 Å². The number of benzene rings is 2. The Morgan fingerprint density at radius 2 is 1.80 bits per heavy atom. The van der Waals surface area contributed by atoms with Gasteiger partial charge in [0.05, 0.1) is 38.4 Å². The van der Waals surface area contributed by atoms with Gasteiger partial charge in [0.25, 0.3) is 0 Å². The molecule has 1 aliphatic heterocycles. The molecule has 10 nitrogen and oxygen atoms in total. The number of aliphatic hydroxyl groups excluding tert-OH is 1. The van der Waals surface area contributed by atoms with Gasteiger partial charge in [0, 0.05) is 18.7 Å². The van der Waals surface area contributed by atoms with Gasteiger partial charge in [-0.2, -0.15) is 4.98 Å². The number of methoxy groups -OCH3 is 3. The number of likely N-dealkylation sites (tertiary alicyclic amines) is 1. The van der Waals surface area contributed by atoms with E-state index in [0.717, 1.165) is 17.7 Å². The minimum absolute atomic E-state index is 0.0191. The summed E-state index contributed by atoms with van der Waals surface area (Å²) < 4.78 is 60.2. The minimum Gasteiger partial charge on any atom is -0.493 e. The molecule has 2 atom stereocenters. The van der Waals surface area contributed by atoms with Crippen molar-refractivity contribution < 1.29 is 36.6 Å². The number of aliphatic hydroxyl groups is 1. The summed E-state index contributed by atoms with van der Waals surface area (Å²) in [6.07, 6.45) is -0.300. The average Bonchev–Trinajstić information content (AvgIpc) is 3.44. The summed E-state index contributed by atoms with van der Waals surface area (Å²) in [5.41, 5.74) is 0.794. The predicted octanol–water partition coefficient (Wildman–Crippen LogP) is 2.52. The Balaban J connectivity index is 1.55. The first-order valence-electron chi connectivity index (χ1n) is 10.8. The summed E-state index contributed by atoms with van der Waals surface area (Å²) in [6, 6.07) is 7.72. The van der Waals surface area contributed by atoms with Crippen molar-refractivity contribution >= 4 is 9.84 Å². The van der Waals surface area contributed by atoms with Crippen LogP contribution in [-0.4, -0.2) is 62.5 Å². The van der Waals surface area contributed by atoms with E-state index in [1.165, 1.54) is 33.5 Å². The summed E-state index contributed by atoms with van der Waals surface area (Å²) in [7, 11) is 0.793. The number of sulfone groups is 1. The van der Waals surface area contributed by atoms with Crippen LogP contribution in [0.2, 0.25) is 0 Å². The van der Waals surface area contributed by atoms with Crippen molar-refractivity contribution in [3.8, 4) is 17.2 Å². The van der Waals surface area contributed by atoms with Gasteiger partial charge in [-0.3, -0.25) is 4.90 Å². The number of halogens is 1. The maximum atomic E-state index is 13.1. The molecular formula is C23H26FN3O7S. The number of ether oxygens (including phenoxy) is 3. The molecule has 12 heteroatoms.